The van der Waals surface area contributed by atoms with Gasteiger partial charge in [0, 0.05) is 25.0 Å². The first-order valence-electron chi connectivity index (χ1n) is 11.4. The van der Waals surface area contributed by atoms with Gasteiger partial charge >= 0.3 is 0 Å². The third-order valence-electron chi connectivity index (χ3n) is 6.45. The van der Waals surface area contributed by atoms with Gasteiger partial charge in [-0.25, -0.2) is 0 Å². The van der Waals surface area contributed by atoms with E-state index in [0.717, 1.165) is 25.7 Å². The van der Waals surface area contributed by atoms with E-state index in [1.807, 2.05) is 62.2 Å². The molecule has 2 aromatic rings. The van der Waals surface area contributed by atoms with Crippen LogP contribution in [0.25, 0.3) is 0 Å². The lowest BCUT2D eigenvalue weighted by Gasteiger charge is -2.43. The molecule has 1 aliphatic carbocycles. The van der Waals surface area contributed by atoms with Gasteiger partial charge in [-0.15, -0.1) is 4.99 Å². The number of carbonyl (C=O) groups excluding carboxylic acids is 1. The number of para-hydroxylation sites is 1. The Labute approximate surface area is 196 Å². The van der Waals surface area contributed by atoms with Gasteiger partial charge in [0.2, 0.25) is 12.2 Å². The fraction of sp³-hybridized carbons (Fsp3) is 0.423. The number of hydrogen-bond acceptors (Lipinski definition) is 4. The molecule has 0 saturated heterocycles. The van der Waals surface area contributed by atoms with Crippen molar-refractivity contribution in [1.29, 1.82) is 5.26 Å². The largest absolute Gasteiger partial charge is 0.490 e. The summed E-state index contributed by atoms with van der Waals surface area (Å²) in [6, 6.07) is 17.9. The molecule has 7 nitrogen and oxygen atoms in total. The van der Waals surface area contributed by atoms with Crippen molar-refractivity contribution in [2.75, 3.05) is 13.6 Å². The maximum Gasteiger partial charge on any atom is 0.255 e. The fourth-order valence-corrected chi connectivity index (χ4v) is 4.57. The molecule has 1 aliphatic rings. The summed E-state index contributed by atoms with van der Waals surface area (Å²) in [6.45, 7) is 4.43. The van der Waals surface area contributed by atoms with Gasteiger partial charge in [0.25, 0.3) is 5.91 Å². The normalized spacial score (nSPS) is 20.7. The number of nitrogens with two attached hydrogens (primary N) is 1. The Bertz CT molecular complexity index is 1000. The van der Waals surface area contributed by atoms with Crippen molar-refractivity contribution in [3.63, 3.8) is 0 Å². The third kappa shape index (κ3) is 5.83. The van der Waals surface area contributed by atoms with E-state index in [2.05, 4.69) is 22.4 Å². The van der Waals surface area contributed by atoms with Crippen LogP contribution < -0.4 is 15.8 Å². The molecule has 1 fully saturated rings. The highest BCUT2D eigenvalue weighted by atomic mass is 16.5. The molecule has 0 aliphatic heterocycles. The van der Waals surface area contributed by atoms with Crippen LogP contribution in [0.1, 0.15) is 55.5 Å². The Hall–Kier alpha value is -3.53. The Balaban J connectivity index is 1.77. The number of benzene rings is 2. The molecule has 7 heteroatoms. The topological polar surface area (TPSA) is 104 Å². The van der Waals surface area contributed by atoms with Gasteiger partial charge in [0.05, 0.1) is 11.7 Å². The molecule has 1 amide bonds. The number of nitriles is 1. The van der Waals surface area contributed by atoms with Gasteiger partial charge in [0.15, 0.2) is 0 Å². The van der Waals surface area contributed by atoms with Crippen LogP contribution in [0, 0.1) is 11.5 Å². The predicted molar refractivity (Wildman–Crippen MR) is 130 cm³/mol. The average Bonchev–Trinajstić information content (AvgIpc) is 2.83. The molecule has 0 radical (unpaired) electrons. The van der Waals surface area contributed by atoms with Crippen molar-refractivity contribution in [2.24, 2.45) is 10.7 Å². The summed E-state index contributed by atoms with van der Waals surface area (Å²) in [5.74, 6) is 0.701. The maximum atomic E-state index is 13.1. The summed E-state index contributed by atoms with van der Waals surface area (Å²) in [5, 5.41) is 12.0. The van der Waals surface area contributed by atoms with Crippen LogP contribution in [-0.4, -0.2) is 42.5 Å². The zero-order chi connectivity index (χ0) is 23.8. The van der Waals surface area contributed by atoms with E-state index in [9.17, 15) is 4.79 Å². The zero-order valence-electron chi connectivity index (χ0n) is 19.6. The molecule has 33 heavy (non-hydrogen) atoms. The van der Waals surface area contributed by atoms with Crippen LogP contribution >= 0.6 is 0 Å². The smallest absolute Gasteiger partial charge is 0.255 e. The van der Waals surface area contributed by atoms with E-state index < -0.39 is 0 Å². The highest BCUT2D eigenvalue weighted by Gasteiger charge is 2.38. The molecule has 0 heterocycles. The Morgan fingerprint density at radius 3 is 2.48 bits per heavy atom. The lowest BCUT2D eigenvalue weighted by atomic mass is 9.68. The summed E-state index contributed by atoms with van der Waals surface area (Å²) in [5.41, 5.74) is 7.52. The number of ether oxygens (including phenoxy) is 1. The van der Waals surface area contributed by atoms with E-state index in [-0.39, 0.29) is 29.4 Å². The van der Waals surface area contributed by atoms with Gasteiger partial charge in [-0.3, -0.25) is 4.79 Å². The zero-order valence-corrected chi connectivity index (χ0v) is 19.6. The molecule has 0 aromatic heterocycles. The van der Waals surface area contributed by atoms with Gasteiger partial charge in [-0.1, -0.05) is 42.5 Å². The van der Waals surface area contributed by atoms with Crippen molar-refractivity contribution in [1.82, 2.24) is 10.2 Å². The Morgan fingerprint density at radius 2 is 1.85 bits per heavy atom. The van der Waals surface area contributed by atoms with E-state index >= 15 is 0 Å². The number of amides is 1. The molecule has 174 valence electrons. The highest BCUT2D eigenvalue weighted by molar-refractivity contribution is 5.97. The standard InChI is InChI=1S/C26H33N5O2/c1-19(2)33-23-12-8-7-11-22(23)24(32)29-17-26(20-9-5-4-6-10-20)15-13-21(14-16-26)31(3)25(28)30-18-27/h4-12,19,21H,13-17H2,1-3H3,(H2,28,30)(H,29,32)/t21-,26-. The van der Waals surface area contributed by atoms with Crippen molar-refractivity contribution < 1.29 is 9.53 Å². The van der Waals surface area contributed by atoms with E-state index in [1.54, 1.807) is 12.3 Å². The first kappa shape index (κ1) is 24.1. The van der Waals surface area contributed by atoms with Crippen LogP contribution in [0.5, 0.6) is 5.75 Å². The van der Waals surface area contributed by atoms with Crippen molar-refractivity contribution in [3.05, 3.63) is 65.7 Å². The van der Waals surface area contributed by atoms with Crippen molar-refractivity contribution in [2.45, 2.75) is 57.1 Å². The number of aliphatic imine (C=N–C) groups is 1. The molecular formula is C26H33N5O2. The van der Waals surface area contributed by atoms with Crippen LogP contribution in [0.2, 0.25) is 0 Å². The summed E-state index contributed by atoms with van der Waals surface area (Å²) in [4.78, 5) is 18.7. The summed E-state index contributed by atoms with van der Waals surface area (Å²) >= 11 is 0. The predicted octanol–water partition coefficient (Wildman–Crippen LogP) is 3.81. The fourth-order valence-electron chi connectivity index (χ4n) is 4.57. The molecule has 2 aromatic carbocycles. The van der Waals surface area contributed by atoms with Crippen molar-refractivity contribution >= 4 is 11.9 Å². The quantitative estimate of drug-likeness (QED) is 0.382. The number of guanidine groups is 1. The number of nitrogens with one attached hydrogen (secondary N) is 1. The first-order valence-corrected chi connectivity index (χ1v) is 11.4. The first-order chi connectivity index (χ1) is 15.9. The van der Waals surface area contributed by atoms with Crippen LogP contribution in [0.4, 0.5) is 0 Å². The maximum absolute atomic E-state index is 13.1. The van der Waals surface area contributed by atoms with E-state index in [1.165, 1.54) is 5.56 Å². The van der Waals surface area contributed by atoms with Crippen LogP contribution in [0.3, 0.4) is 0 Å². The second kappa shape index (κ2) is 10.9. The number of rotatable bonds is 7. The Kier molecular flexibility index (Phi) is 7.94. The minimum atomic E-state index is -0.177. The number of nitrogens with zero attached hydrogens (tertiary/aromatic N) is 3. The summed E-state index contributed by atoms with van der Waals surface area (Å²) < 4.78 is 5.84. The number of hydrogen-bond donors (Lipinski definition) is 2. The second-order valence-electron chi connectivity index (χ2n) is 8.90. The minimum Gasteiger partial charge on any atom is -0.490 e. The van der Waals surface area contributed by atoms with E-state index in [0.29, 0.717) is 17.9 Å². The molecule has 1 saturated carbocycles. The molecule has 3 rings (SSSR count). The van der Waals surface area contributed by atoms with Crippen LogP contribution in [0.15, 0.2) is 59.6 Å². The molecule has 0 unspecified atom stereocenters. The summed E-state index contributed by atoms with van der Waals surface area (Å²) in [6.07, 6.45) is 5.28. The van der Waals surface area contributed by atoms with Gasteiger partial charge in [0.1, 0.15) is 5.75 Å². The average molecular weight is 448 g/mol. The second-order valence-corrected chi connectivity index (χ2v) is 8.90. The molecule has 0 bridgehead atoms. The van der Waals surface area contributed by atoms with Gasteiger partial charge < -0.3 is 20.7 Å². The molecule has 0 spiro atoms. The van der Waals surface area contributed by atoms with Crippen molar-refractivity contribution in [3.8, 4) is 11.9 Å². The van der Waals surface area contributed by atoms with Crippen LogP contribution in [-0.2, 0) is 5.41 Å². The van der Waals surface area contributed by atoms with Gasteiger partial charge in [-0.2, -0.15) is 5.26 Å². The molecule has 3 N–H and O–H groups in total. The summed E-state index contributed by atoms with van der Waals surface area (Å²) in [7, 11) is 1.88. The third-order valence-corrected chi connectivity index (χ3v) is 6.45. The number of carbonyl (C=O) groups is 1. The minimum absolute atomic E-state index is 0.0149. The lowest BCUT2D eigenvalue weighted by Crippen LogP contribution is -2.49. The monoisotopic (exact) mass is 447 g/mol. The highest BCUT2D eigenvalue weighted by Crippen LogP contribution is 2.40. The van der Waals surface area contributed by atoms with Gasteiger partial charge in [-0.05, 0) is 57.2 Å². The lowest BCUT2D eigenvalue weighted by molar-refractivity contribution is 0.0925. The van der Waals surface area contributed by atoms with E-state index in [4.69, 9.17) is 15.7 Å². The molecule has 0 atom stereocenters. The SMILES string of the molecule is CC(C)Oc1ccccc1C(=O)NC[C@]1(c2ccccc2)CC[C@H](N(C)C(N)=NC#N)CC1. The Morgan fingerprint density at radius 1 is 1.21 bits per heavy atom. The molecular weight excluding hydrogens is 414 g/mol.